The molecule has 1 unspecified atom stereocenters. The van der Waals surface area contributed by atoms with Crippen LogP contribution >= 0.6 is 27.3 Å². The maximum atomic E-state index is 12.3. The molecule has 0 aliphatic carbocycles. The molecule has 2 fully saturated rings. The molecule has 2 aliphatic heterocycles. The molecule has 0 spiro atoms. The van der Waals surface area contributed by atoms with Crippen LogP contribution in [0, 0.1) is 0 Å². The minimum Gasteiger partial charge on any atom is -0.463 e. The number of carbonyl (C=O) groups excluding carboxylic acids is 2. The van der Waals surface area contributed by atoms with Crippen LogP contribution < -0.4 is 15.4 Å². The third-order valence-corrected chi connectivity index (χ3v) is 7.57. The summed E-state index contributed by atoms with van der Waals surface area (Å²) in [7, 11) is 0. The number of urea groups is 2. The Morgan fingerprint density at radius 2 is 1.97 bits per heavy atom. The third-order valence-electron chi connectivity index (χ3n) is 5.86. The number of nitrogens with zero attached hydrogens (tertiary/aromatic N) is 4. The summed E-state index contributed by atoms with van der Waals surface area (Å²) in [5.74, 6) is 0. The van der Waals surface area contributed by atoms with E-state index in [4.69, 9.17) is 4.74 Å². The largest absolute Gasteiger partial charge is 0.463 e. The van der Waals surface area contributed by atoms with Crippen molar-refractivity contribution < 1.29 is 19.4 Å². The second kappa shape index (κ2) is 9.35. The number of aliphatic hydroxyl groups is 1. The molecular weight excluding hydrogens is 524 g/mol. The van der Waals surface area contributed by atoms with E-state index in [-0.39, 0.29) is 37.6 Å². The molecule has 4 amide bonds. The van der Waals surface area contributed by atoms with Gasteiger partial charge in [-0.1, -0.05) is 18.2 Å². The minimum atomic E-state index is -1.58. The van der Waals surface area contributed by atoms with E-state index in [1.165, 1.54) is 9.80 Å². The Labute approximate surface area is 208 Å². The number of benzene rings is 1. The van der Waals surface area contributed by atoms with E-state index in [2.05, 4.69) is 54.7 Å². The topological polar surface area (TPSA) is 120 Å². The van der Waals surface area contributed by atoms with Crippen molar-refractivity contribution in [3.8, 4) is 16.6 Å². The van der Waals surface area contributed by atoms with E-state index < -0.39 is 5.72 Å². The highest BCUT2D eigenvalue weighted by atomic mass is 79.9. The normalized spacial score (nSPS) is 17.7. The maximum absolute atomic E-state index is 12.3. The number of ether oxygens (including phenoxy) is 1. The molecule has 34 heavy (non-hydrogen) atoms. The predicted octanol–water partition coefficient (Wildman–Crippen LogP) is 2.63. The number of hydrogen-bond acceptors (Lipinski definition) is 7. The molecular formula is C22H23BrN6O4S. The molecule has 2 aliphatic rings. The van der Waals surface area contributed by atoms with Crippen molar-refractivity contribution in [2.45, 2.75) is 12.1 Å². The van der Waals surface area contributed by atoms with Gasteiger partial charge in [0.05, 0.1) is 22.5 Å². The van der Waals surface area contributed by atoms with E-state index >= 15 is 0 Å². The van der Waals surface area contributed by atoms with E-state index in [0.717, 1.165) is 19.4 Å². The quantitative estimate of drug-likeness (QED) is 0.399. The number of fused-ring (bicyclic) bond motifs is 1. The van der Waals surface area contributed by atoms with Crippen molar-refractivity contribution >= 4 is 49.4 Å². The van der Waals surface area contributed by atoms with Crippen molar-refractivity contribution in [1.29, 1.82) is 0 Å². The summed E-state index contributed by atoms with van der Waals surface area (Å²) in [6.45, 7) is 1.79. The van der Waals surface area contributed by atoms with Crippen molar-refractivity contribution in [1.82, 2.24) is 30.4 Å². The standard InChI is InChI=1S/C22H23BrN6O4S/c23-15-12-26-19(27-18(15)17-11-14-3-1-2-4-16(14)34-17)33-10-5-22(32,29-9-7-25-21(29)31)13-28-8-6-24-20(28)30/h1-4,11-12,32H,5-10,13H2,(H,24,30)(H,25,31). The highest BCUT2D eigenvalue weighted by Gasteiger charge is 2.43. The van der Waals surface area contributed by atoms with Crippen LogP contribution in [-0.4, -0.2) is 82.0 Å². The number of thiophene rings is 1. The maximum Gasteiger partial charge on any atom is 0.319 e. The second-order valence-electron chi connectivity index (χ2n) is 8.12. The summed E-state index contributed by atoms with van der Waals surface area (Å²) >= 11 is 5.15. The number of nitrogens with one attached hydrogen (secondary N) is 2. The Morgan fingerprint density at radius 1 is 1.18 bits per heavy atom. The third kappa shape index (κ3) is 4.52. The fourth-order valence-corrected chi connectivity index (χ4v) is 5.74. The van der Waals surface area contributed by atoms with Gasteiger partial charge in [0.2, 0.25) is 0 Å². The first kappa shape index (κ1) is 22.8. The Morgan fingerprint density at radius 3 is 2.71 bits per heavy atom. The lowest BCUT2D eigenvalue weighted by Gasteiger charge is -2.38. The van der Waals surface area contributed by atoms with Gasteiger partial charge >= 0.3 is 18.1 Å². The fourth-order valence-electron chi connectivity index (χ4n) is 4.13. The van der Waals surface area contributed by atoms with E-state index in [9.17, 15) is 14.7 Å². The molecule has 12 heteroatoms. The molecule has 1 aromatic carbocycles. The molecule has 178 valence electrons. The van der Waals surface area contributed by atoms with Gasteiger partial charge in [-0.2, -0.15) is 4.98 Å². The van der Waals surface area contributed by atoms with Crippen molar-refractivity contribution in [2.24, 2.45) is 0 Å². The highest BCUT2D eigenvalue weighted by molar-refractivity contribution is 9.10. The molecule has 0 radical (unpaired) electrons. The smallest absolute Gasteiger partial charge is 0.319 e. The highest BCUT2D eigenvalue weighted by Crippen LogP contribution is 2.36. The number of aromatic nitrogens is 2. The molecule has 4 heterocycles. The molecule has 3 aromatic rings. The van der Waals surface area contributed by atoms with Crippen LogP contribution in [0.5, 0.6) is 6.01 Å². The van der Waals surface area contributed by atoms with E-state index in [1.54, 1.807) is 17.5 Å². The lowest BCUT2D eigenvalue weighted by Crippen LogP contribution is -2.58. The fraction of sp³-hybridized carbons (Fsp3) is 0.364. The van der Waals surface area contributed by atoms with Crippen molar-refractivity contribution in [2.75, 3.05) is 39.3 Å². The van der Waals surface area contributed by atoms with Gasteiger partial charge < -0.3 is 25.4 Å². The molecule has 10 nitrogen and oxygen atoms in total. The first-order valence-corrected chi connectivity index (χ1v) is 12.5. The van der Waals surface area contributed by atoms with Gasteiger partial charge in [0, 0.05) is 43.5 Å². The zero-order chi connectivity index (χ0) is 23.7. The summed E-state index contributed by atoms with van der Waals surface area (Å²) in [6, 6.07) is 9.72. The van der Waals surface area contributed by atoms with Gasteiger partial charge in [0.15, 0.2) is 5.72 Å². The lowest BCUT2D eigenvalue weighted by atomic mass is 10.1. The molecule has 5 rings (SSSR count). The number of halogens is 1. The monoisotopic (exact) mass is 546 g/mol. The average Bonchev–Trinajstić information content (AvgIpc) is 3.55. The zero-order valence-corrected chi connectivity index (χ0v) is 20.6. The molecule has 2 aromatic heterocycles. The van der Waals surface area contributed by atoms with Crippen LogP contribution in [0.1, 0.15) is 6.42 Å². The molecule has 3 N–H and O–H groups in total. The minimum absolute atomic E-state index is 0.0101. The summed E-state index contributed by atoms with van der Waals surface area (Å²) in [5.41, 5.74) is -0.861. The Kier molecular flexibility index (Phi) is 6.28. The number of hydrogen-bond donors (Lipinski definition) is 3. The number of rotatable bonds is 8. The van der Waals surface area contributed by atoms with Crippen LogP contribution in [0.4, 0.5) is 9.59 Å². The van der Waals surface area contributed by atoms with Crippen LogP contribution in [0.15, 0.2) is 41.0 Å². The van der Waals surface area contributed by atoms with Gasteiger partial charge in [-0.25, -0.2) is 14.6 Å². The van der Waals surface area contributed by atoms with Crippen LogP contribution in [0.2, 0.25) is 0 Å². The molecule has 2 saturated heterocycles. The summed E-state index contributed by atoms with van der Waals surface area (Å²) in [5, 5.41) is 18.0. The van der Waals surface area contributed by atoms with Gasteiger partial charge in [0.25, 0.3) is 0 Å². The Balaban J connectivity index is 1.31. The van der Waals surface area contributed by atoms with E-state index in [0.29, 0.717) is 31.9 Å². The Hall–Kier alpha value is -2.96. The van der Waals surface area contributed by atoms with E-state index in [1.807, 2.05) is 12.1 Å². The van der Waals surface area contributed by atoms with Crippen LogP contribution in [-0.2, 0) is 0 Å². The van der Waals surface area contributed by atoms with Crippen molar-refractivity contribution in [3.05, 3.63) is 41.0 Å². The first-order valence-electron chi connectivity index (χ1n) is 10.9. The summed E-state index contributed by atoms with van der Waals surface area (Å²) < 4.78 is 7.71. The predicted molar refractivity (Wildman–Crippen MR) is 131 cm³/mol. The average molecular weight is 547 g/mol. The SMILES string of the molecule is O=C1NCCN1CC(O)(CCOc1ncc(Br)c(-c2cc3ccccc3s2)n1)N1CCNC1=O. The summed E-state index contributed by atoms with van der Waals surface area (Å²) in [6.07, 6.45) is 1.72. The van der Waals surface area contributed by atoms with Crippen molar-refractivity contribution in [3.63, 3.8) is 0 Å². The van der Waals surface area contributed by atoms with Gasteiger partial charge in [-0.05, 0) is 33.4 Å². The van der Waals surface area contributed by atoms with Crippen LogP contribution in [0.3, 0.4) is 0 Å². The van der Waals surface area contributed by atoms with Gasteiger partial charge in [0.1, 0.15) is 5.69 Å². The Bertz CT molecular complexity index is 1210. The lowest BCUT2D eigenvalue weighted by molar-refractivity contribution is -0.0973. The van der Waals surface area contributed by atoms with Gasteiger partial charge in [-0.3, -0.25) is 4.90 Å². The molecule has 1 atom stereocenters. The number of carbonyl (C=O) groups is 2. The first-order chi connectivity index (χ1) is 16.4. The van der Waals surface area contributed by atoms with Gasteiger partial charge in [-0.15, -0.1) is 11.3 Å². The van der Waals surface area contributed by atoms with Crippen LogP contribution in [0.25, 0.3) is 20.7 Å². The molecule has 0 saturated carbocycles. The second-order valence-corrected chi connectivity index (χ2v) is 10.1. The molecule has 0 bridgehead atoms. The number of amides is 4. The zero-order valence-electron chi connectivity index (χ0n) is 18.2. The summed E-state index contributed by atoms with van der Waals surface area (Å²) in [4.78, 5) is 37.0. The number of β-amino-alcohol motifs (C(OH)–C–C–N with tert-alkyl or cyclic N) is 1.